The van der Waals surface area contributed by atoms with Crippen LogP contribution in [0.2, 0.25) is 0 Å². The van der Waals surface area contributed by atoms with E-state index in [0.29, 0.717) is 18.1 Å². The highest BCUT2D eigenvalue weighted by atomic mass is 19.1. The number of halogens is 1. The topological polar surface area (TPSA) is 35.0 Å². The van der Waals surface area contributed by atoms with E-state index in [2.05, 4.69) is 23.8 Å². The normalized spacial score (nSPS) is 11.1. The molecule has 0 aliphatic carbocycles. The van der Waals surface area contributed by atoms with Crippen molar-refractivity contribution in [3.8, 4) is 17.0 Å². The SMILES string of the molecule is CCCCCCCCCCCCc1cnc(-c2ccc(OCCCCC)c(F)c2)cn1. The van der Waals surface area contributed by atoms with Gasteiger partial charge in [-0.15, -0.1) is 0 Å². The van der Waals surface area contributed by atoms with Gasteiger partial charge in [0.15, 0.2) is 11.6 Å². The van der Waals surface area contributed by atoms with Gasteiger partial charge in [0, 0.05) is 11.8 Å². The number of nitrogens with zero attached hydrogens (tertiary/aromatic N) is 2. The fourth-order valence-corrected chi connectivity index (χ4v) is 3.74. The van der Waals surface area contributed by atoms with Crippen molar-refractivity contribution < 1.29 is 9.13 Å². The van der Waals surface area contributed by atoms with E-state index < -0.39 is 0 Å². The van der Waals surface area contributed by atoms with Gasteiger partial charge in [0.25, 0.3) is 0 Å². The van der Waals surface area contributed by atoms with Gasteiger partial charge in [-0.1, -0.05) is 84.5 Å². The summed E-state index contributed by atoms with van der Waals surface area (Å²) < 4.78 is 19.9. The Morgan fingerprint density at radius 2 is 1.39 bits per heavy atom. The number of hydrogen-bond donors (Lipinski definition) is 0. The van der Waals surface area contributed by atoms with Crippen LogP contribution in [0.4, 0.5) is 4.39 Å². The van der Waals surface area contributed by atoms with Gasteiger partial charge in [0.2, 0.25) is 0 Å². The van der Waals surface area contributed by atoms with E-state index in [1.807, 2.05) is 12.3 Å². The number of unbranched alkanes of at least 4 members (excludes halogenated alkanes) is 11. The molecule has 0 aliphatic heterocycles. The van der Waals surface area contributed by atoms with E-state index in [1.54, 1.807) is 12.3 Å². The third kappa shape index (κ3) is 10.3. The Morgan fingerprint density at radius 3 is 2.00 bits per heavy atom. The first-order chi connectivity index (χ1) is 15.2. The summed E-state index contributed by atoms with van der Waals surface area (Å²) in [5, 5.41) is 0. The Balaban J connectivity index is 1.67. The van der Waals surface area contributed by atoms with Crippen LogP contribution in [0.1, 0.15) is 103 Å². The summed E-state index contributed by atoms with van der Waals surface area (Å²) in [5.41, 5.74) is 2.44. The summed E-state index contributed by atoms with van der Waals surface area (Å²) >= 11 is 0. The van der Waals surface area contributed by atoms with E-state index in [0.717, 1.165) is 43.4 Å². The number of aryl methyl sites for hydroxylation is 1. The molecule has 4 heteroatoms. The van der Waals surface area contributed by atoms with Gasteiger partial charge in [-0.2, -0.15) is 0 Å². The maximum atomic E-state index is 14.3. The zero-order valence-corrected chi connectivity index (χ0v) is 19.7. The summed E-state index contributed by atoms with van der Waals surface area (Å²) in [4.78, 5) is 9.04. The minimum absolute atomic E-state index is 0.311. The Hall–Kier alpha value is -1.97. The molecule has 0 bridgehead atoms. The minimum Gasteiger partial charge on any atom is -0.491 e. The Morgan fingerprint density at radius 1 is 0.742 bits per heavy atom. The molecular formula is C27H41FN2O. The maximum absolute atomic E-state index is 14.3. The smallest absolute Gasteiger partial charge is 0.165 e. The number of rotatable bonds is 17. The minimum atomic E-state index is -0.342. The van der Waals surface area contributed by atoms with E-state index in [1.165, 1.54) is 63.9 Å². The van der Waals surface area contributed by atoms with Crippen molar-refractivity contribution in [1.82, 2.24) is 9.97 Å². The van der Waals surface area contributed by atoms with Gasteiger partial charge in [0.1, 0.15) is 0 Å². The molecule has 1 heterocycles. The van der Waals surface area contributed by atoms with Gasteiger partial charge < -0.3 is 4.74 Å². The second kappa shape index (κ2) is 15.8. The Bertz CT molecular complexity index is 718. The molecule has 1 aromatic carbocycles. The van der Waals surface area contributed by atoms with Crippen molar-refractivity contribution in [2.24, 2.45) is 0 Å². The quantitative estimate of drug-likeness (QED) is 0.238. The van der Waals surface area contributed by atoms with E-state index >= 15 is 0 Å². The molecular weight excluding hydrogens is 387 g/mol. The molecule has 0 spiro atoms. The summed E-state index contributed by atoms with van der Waals surface area (Å²) in [7, 11) is 0. The highest BCUT2D eigenvalue weighted by Crippen LogP contribution is 2.24. The lowest BCUT2D eigenvalue weighted by Crippen LogP contribution is -1.99. The lowest BCUT2D eigenvalue weighted by molar-refractivity contribution is 0.291. The zero-order chi connectivity index (χ0) is 22.2. The summed E-state index contributed by atoms with van der Waals surface area (Å²) in [6.45, 7) is 4.96. The van der Waals surface area contributed by atoms with Crippen LogP contribution in [0.25, 0.3) is 11.3 Å². The number of aromatic nitrogens is 2. The van der Waals surface area contributed by atoms with Crippen molar-refractivity contribution in [1.29, 1.82) is 0 Å². The molecule has 1 aromatic heterocycles. The average Bonchev–Trinajstić information content (AvgIpc) is 2.79. The second-order valence-corrected chi connectivity index (χ2v) is 8.53. The van der Waals surface area contributed by atoms with Crippen molar-refractivity contribution in [2.75, 3.05) is 6.61 Å². The third-order valence-electron chi connectivity index (χ3n) is 5.72. The third-order valence-corrected chi connectivity index (χ3v) is 5.72. The maximum Gasteiger partial charge on any atom is 0.165 e. The molecule has 0 amide bonds. The van der Waals surface area contributed by atoms with Crippen LogP contribution >= 0.6 is 0 Å². The molecule has 0 radical (unpaired) electrons. The van der Waals surface area contributed by atoms with Crippen molar-refractivity contribution in [3.05, 3.63) is 42.1 Å². The molecule has 2 aromatic rings. The van der Waals surface area contributed by atoms with Crippen LogP contribution in [-0.2, 0) is 6.42 Å². The molecule has 0 fully saturated rings. The van der Waals surface area contributed by atoms with E-state index in [-0.39, 0.29) is 5.82 Å². The predicted octanol–water partition coefficient (Wildman–Crippen LogP) is 8.32. The zero-order valence-electron chi connectivity index (χ0n) is 19.7. The van der Waals surface area contributed by atoms with Gasteiger partial charge in [-0.05, 0) is 37.5 Å². The predicted molar refractivity (Wildman–Crippen MR) is 128 cm³/mol. The molecule has 0 unspecified atom stereocenters. The largest absolute Gasteiger partial charge is 0.491 e. The number of ether oxygens (including phenoxy) is 1. The standard InChI is InChI=1S/C27H41FN2O/c1-3-5-7-8-9-10-11-12-13-14-16-24-21-30-26(22-29-24)23-17-18-27(25(28)20-23)31-19-15-6-4-2/h17-18,20-22H,3-16,19H2,1-2H3. The molecule has 31 heavy (non-hydrogen) atoms. The van der Waals surface area contributed by atoms with Crippen LogP contribution in [0, 0.1) is 5.82 Å². The van der Waals surface area contributed by atoms with Gasteiger partial charge >= 0.3 is 0 Å². The van der Waals surface area contributed by atoms with Crippen LogP contribution < -0.4 is 4.74 Å². The highest BCUT2D eigenvalue weighted by Gasteiger charge is 2.08. The number of benzene rings is 1. The first kappa shape index (κ1) is 25.3. The molecule has 172 valence electrons. The molecule has 3 nitrogen and oxygen atoms in total. The molecule has 0 atom stereocenters. The molecule has 0 saturated heterocycles. The number of hydrogen-bond acceptors (Lipinski definition) is 3. The molecule has 0 saturated carbocycles. The van der Waals surface area contributed by atoms with Gasteiger partial charge in [-0.3, -0.25) is 9.97 Å². The van der Waals surface area contributed by atoms with E-state index in [4.69, 9.17) is 4.74 Å². The Kier molecular flexibility index (Phi) is 12.9. The van der Waals surface area contributed by atoms with Crippen molar-refractivity contribution in [2.45, 2.75) is 104 Å². The molecule has 0 N–H and O–H groups in total. The lowest BCUT2D eigenvalue weighted by Gasteiger charge is -2.08. The van der Waals surface area contributed by atoms with Crippen LogP contribution in [0.5, 0.6) is 5.75 Å². The molecule has 2 rings (SSSR count). The lowest BCUT2D eigenvalue weighted by atomic mass is 10.1. The fraction of sp³-hybridized carbons (Fsp3) is 0.630. The summed E-state index contributed by atoms with van der Waals surface area (Å²) in [6, 6.07) is 5.03. The highest BCUT2D eigenvalue weighted by molar-refractivity contribution is 5.59. The summed E-state index contributed by atoms with van der Waals surface area (Å²) in [6.07, 6.45) is 21.0. The first-order valence-corrected chi connectivity index (χ1v) is 12.5. The van der Waals surface area contributed by atoms with Crippen molar-refractivity contribution >= 4 is 0 Å². The molecule has 0 aliphatic rings. The second-order valence-electron chi connectivity index (χ2n) is 8.53. The van der Waals surface area contributed by atoms with Crippen LogP contribution in [0.3, 0.4) is 0 Å². The van der Waals surface area contributed by atoms with Crippen molar-refractivity contribution in [3.63, 3.8) is 0 Å². The van der Waals surface area contributed by atoms with Crippen LogP contribution in [0.15, 0.2) is 30.6 Å². The van der Waals surface area contributed by atoms with E-state index in [9.17, 15) is 4.39 Å². The van der Waals surface area contributed by atoms with Gasteiger partial charge in [-0.25, -0.2) is 4.39 Å². The summed E-state index contributed by atoms with van der Waals surface area (Å²) in [5.74, 6) is -0.0318. The Labute approximate surface area is 188 Å². The fourth-order valence-electron chi connectivity index (χ4n) is 3.74. The first-order valence-electron chi connectivity index (χ1n) is 12.5. The monoisotopic (exact) mass is 428 g/mol. The van der Waals surface area contributed by atoms with Gasteiger partial charge in [0.05, 0.1) is 24.2 Å². The average molecular weight is 429 g/mol. The van der Waals surface area contributed by atoms with Crippen LogP contribution in [-0.4, -0.2) is 16.6 Å².